The highest BCUT2D eigenvalue weighted by atomic mass is 35.5. The first-order chi connectivity index (χ1) is 10.9. The summed E-state index contributed by atoms with van der Waals surface area (Å²) in [7, 11) is 0. The highest BCUT2D eigenvalue weighted by molar-refractivity contribution is 6.33. The molecular weight excluding hydrogens is 320 g/mol. The molecule has 3 rings (SSSR count). The molecule has 2 heterocycles. The van der Waals surface area contributed by atoms with Crippen LogP contribution in [0.15, 0.2) is 6.20 Å². The van der Waals surface area contributed by atoms with Crippen molar-refractivity contribution in [3.05, 3.63) is 16.9 Å². The van der Waals surface area contributed by atoms with Gasteiger partial charge < -0.3 is 15.3 Å². The lowest BCUT2D eigenvalue weighted by molar-refractivity contribution is -0.144. The highest BCUT2D eigenvalue weighted by Crippen LogP contribution is 2.40. The summed E-state index contributed by atoms with van der Waals surface area (Å²) in [5, 5.41) is 12.2. The van der Waals surface area contributed by atoms with Crippen molar-refractivity contribution in [3.63, 3.8) is 0 Å². The minimum atomic E-state index is -1.29. The van der Waals surface area contributed by atoms with Crippen LogP contribution in [0.4, 0.5) is 5.95 Å². The van der Waals surface area contributed by atoms with Crippen molar-refractivity contribution in [1.29, 1.82) is 0 Å². The number of carbonyl (C=O) groups is 2. The first-order valence-electron chi connectivity index (χ1n) is 7.75. The van der Waals surface area contributed by atoms with Gasteiger partial charge in [-0.05, 0) is 38.5 Å². The van der Waals surface area contributed by atoms with E-state index in [1.165, 1.54) is 13.1 Å². The molecule has 1 aliphatic carbocycles. The Labute approximate surface area is 139 Å². The predicted molar refractivity (Wildman–Crippen MR) is 84.7 cm³/mol. The third-order valence-corrected chi connectivity index (χ3v) is 4.82. The van der Waals surface area contributed by atoms with E-state index in [2.05, 4.69) is 15.3 Å². The summed E-state index contributed by atoms with van der Waals surface area (Å²) in [5.74, 6) is -1.21. The van der Waals surface area contributed by atoms with Crippen LogP contribution in [-0.2, 0) is 4.79 Å². The van der Waals surface area contributed by atoms with Crippen molar-refractivity contribution in [2.75, 3.05) is 18.0 Å². The van der Waals surface area contributed by atoms with E-state index in [9.17, 15) is 14.7 Å². The number of nitrogens with zero attached hydrogens (tertiary/aromatic N) is 3. The monoisotopic (exact) mass is 338 g/mol. The lowest BCUT2D eigenvalue weighted by Gasteiger charge is -2.26. The molecule has 1 unspecified atom stereocenters. The van der Waals surface area contributed by atoms with E-state index in [0.717, 1.165) is 38.8 Å². The number of amides is 1. The number of hydrogen-bond acceptors (Lipinski definition) is 5. The number of aliphatic carboxylic acids is 1. The average Bonchev–Trinajstić information content (AvgIpc) is 3.23. The van der Waals surface area contributed by atoms with Crippen LogP contribution in [0.2, 0.25) is 5.02 Å². The minimum absolute atomic E-state index is 0.0247. The Morgan fingerprint density at radius 3 is 2.61 bits per heavy atom. The number of carboxylic acids is 1. The van der Waals surface area contributed by atoms with Gasteiger partial charge in [0.15, 0.2) is 5.69 Å². The number of hydrogen-bond donors (Lipinski definition) is 2. The highest BCUT2D eigenvalue weighted by Gasteiger charge is 2.49. The molecule has 0 radical (unpaired) electrons. The second-order valence-electron chi connectivity index (χ2n) is 6.30. The minimum Gasteiger partial charge on any atom is -0.480 e. The fourth-order valence-corrected chi connectivity index (χ4v) is 3.05. The van der Waals surface area contributed by atoms with E-state index < -0.39 is 17.4 Å². The van der Waals surface area contributed by atoms with Gasteiger partial charge in [-0.15, -0.1) is 0 Å². The zero-order valence-corrected chi connectivity index (χ0v) is 13.6. The molecule has 124 valence electrons. The fraction of sp³-hybridized carbons (Fsp3) is 0.600. The van der Waals surface area contributed by atoms with Gasteiger partial charge in [0, 0.05) is 13.1 Å². The standard InChI is InChI=1S/C15H19ClN4O3/c1-15(13(22)23,9-4-5-9)19-12(21)11-10(16)8-17-14(18-11)20-6-2-3-7-20/h8-9H,2-7H2,1H3,(H,19,21)(H,22,23). The maximum Gasteiger partial charge on any atom is 0.329 e. The Balaban J connectivity index is 1.83. The maximum absolute atomic E-state index is 12.5. The molecule has 1 saturated heterocycles. The van der Waals surface area contributed by atoms with Gasteiger partial charge in [-0.2, -0.15) is 0 Å². The number of aromatic nitrogens is 2. The zero-order chi connectivity index (χ0) is 16.6. The molecule has 0 spiro atoms. The summed E-state index contributed by atoms with van der Waals surface area (Å²) in [4.78, 5) is 34.5. The van der Waals surface area contributed by atoms with Crippen LogP contribution in [-0.4, -0.2) is 45.6 Å². The van der Waals surface area contributed by atoms with E-state index in [1.54, 1.807) is 0 Å². The Hall–Kier alpha value is -1.89. The number of halogens is 1. The van der Waals surface area contributed by atoms with Crippen LogP contribution < -0.4 is 10.2 Å². The topological polar surface area (TPSA) is 95.4 Å². The molecule has 1 amide bonds. The molecule has 2 fully saturated rings. The van der Waals surface area contributed by atoms with Crippen molar-refractivity contribution < 1.29 is 14.7 Å². The molecule has 1 atom stereocenters. The Morgan fingerprint density at radius 2 is 2.04 bits per heavy atom. The summed E-state index contributed by atoms with van der Waals surface area (Å²) in [6, 6.07) is 0. The molecular formula is C15H19ClN4O3. The second-order valence-corrected chi connectivity index (χ2v) is 6.70. The Kier molecular flexibility index (Phi) is 4.14. The van der Waals surface area contributed by atoms with Crippen molar-refractivity contribution >= 4 is 29.4 Å². The van der Waals surface area contributed by atoms with Gasteiger partial charge in [0.05, 0.1) is 11.2 Å². The third-order valence-electron chi connectivity index (χ3n) is 4.55. The molecule has 1 saturated carbocycles. The first-order valence-corrected chi connectivity index (χ1v) is 8.13. The van der Waals surface area contributed by atoms with Gasteiger partial charge in [0.2, 0.25) is 5.95 Å². The normalized spacial score (nSPS) is 20.2. The van der Waals surface area contributed by atoms with Crippen molar-refractivity contribution in [2.45, 2.75) is 38.1 Å². The smallest absolute Gasteiger partial charge is 0.329 e. The van der Waals surface area contributed by atoms with Crippen LogP contribution in [0.5, 0.6) is 0 Å². The average molecular weight is 339 g/mol. The predicted octanol–water partition coefficient (Wildman–Crippen LogP) is 1.71. The lowest BCUT2D eigenvalue weighted by atomic mass is 9.96. The van der Waals surface area contributed by atoms with Crippen molar-refractivity contribution in [2.24, 2.45) is 5.92 Å². The fourth-order valence-electron chi connectivity index (χ4n) is 2.87. The van der Waals surface area contributed by atoms with Gasteiger partial charge in [-0.3, -0.25) is 4.79 Å². The SMILES string of the molecule is CC(NC(=O)c1nc(N2CCCC2)ncc1Cl)(C(=O)O)C1CC1. The van der Waals surface area contributed by atoms with Crippen LogP contribution >= 0.6 is 11.6 Å². The molecule has 1 aliphatic heterocycles. The summed E-state index contributed by atoms with van der Waals surface area (Å²) >= 11 is 6.05. The number of carboxylic acid groups (broad SMARTS) is 1. The lowest BCUT2D eigenvalue weighted by Crippen LogP contribution is -2.54. The number of nitrogens with one attached hydrogen (secondary N) is 1. The molecule has 2 N–H and O–H groups in total. The first kappa shape index (κ1) is 16.0. The summed E-state index contributed by atoms with van der Waals surface area (Å²) in [6.07, 6.45) is 5.10. The molecule has 7 nitrogen and oxygen atoms in total. The summed E-state index contributed by atoms with van der Waals surface area (Å²) < 4.78 is 0. The van der Waals surface area contributed by atoms with Crippen LogP contribution in [0.3, 0.4) is 0 Å². The summed E-state index contributed by atoms with van der Waals surface area (Å²) in [5.41, 5.74) is -1.27. The molecule has 1 aromatic rings. The molecule has 23 heavy (non-hydrogen) atoms. The third kappa shape index (κ3) is 3.10. The molecule has 0 bridgehead atoms. The van der Waals surface area contributed by atoms with E-state index in [4.69, 9.17) is 11.6 Å². The largest absolute Gasteiger partial charge is 0.480 e. The van der Waals surface area contributed by atoms with Crippen molar-refractivity contribution in [1.82, 2.24) is 15.3 Å². The zero-order valence-electron chi connectivity index (χ0n) is 12.9. The van der Waals surface area contributed by atoms with Gasteiger partial charge >= 0.3 is 5.97 Å². The van der Waals surface area contributed by atoms with E-state index >= 15 is 0 Å². The number of carbonyl (C=O) groups excluding carboxylic acids is 1. The number of anilines is 1. The van der Waals surface area contributed by atoms with Gasteiger partial charge in [0.1, 0.15) is 5.54 Å². The van der Waals surface area contributed by atoms with Gasteiger partial charge in [0.25, 0.3) is 5.91 Å². The van der Waals surface area contributed by atoms with Crippen molar-refractivity contribution in [3.8, 4) is 0 Å². The second kappa shape index (κ2) is 5.96. The van der Waals surface area contributed by atoms with Gasteiger partial charge in [-0.1, -0.05) is 11.6 Å². The maximum atomic E-state index is 12.5. The van der Waals surface area contributed by atoms with Crippen LogP contribution in [0, 0.1) is 5.92 Å². The molecule has 8 heteroatoms. The van der Waals surface area contributed by atoms with E-state index in [0.29, 0.717) is 5.95 Å². The molecule has 0 aromatic carbocycles. The van der Waals surface area contributed by atoms with Gasteiger partial charge in [-0.25, -0.2) is 14.8 Å². The van der Waals surface area contributed by atoms with Crippen LogP contribution in [0.1, 0.15) is 43.1 Å². The molecule has 1 aromatic heterocycles. The van der Waals surface area contributed by atoms with E-state index in [1.807, 2.05) is 4.90 Å². The molecule has 2 aliphatic rings. The quantitative estimate of drug-likeness (QED) is 0.848. The number of rotatable bonds is 5. The summed E-state index contributed by atoms with van der Waals surface area (Å²) in [6.45, 7) is 3.22. The van der Waals surface area contributed by atoms with Crippen LogP contribution in [0.25, 0.3) is 0 Å². The Morgan fingerprint density at radius 1 is 1.39 bits per heavy atom. The Bertz CT molecular complexity index is 644. The van der Waals surface area contributed by atoms with E-state index in [-0.39, 0.29) is 16.6 Å².